The van der Waals surface area contributed by atoms with Gasteiger partial charge in [0.1, 0.15) is 6.04 Å². The summed E-state index contributed by atoms with van der Waals surface area (Å²) in [6.45, 7) is 0. The van der Waals surface area contributed by atoms with Crippen LogP contribution in [0.5, 0.6) is 0 Å². The summed E-state index contributed by atoms with van der Waals surface area (Å²) < 4.78 is 24.2. The van der Waals surface area contributed by atoms with Gasteiger partial charge in [0.15, 0.2) is 0 Å². The lowest BCUT2D eigenvalue weighted by molar-refractivity contribution is -0.140. The maximum Gasteiger partial charge on any atom is 0.322 e. The Hall–Kier alpha value is -0.880. The highest BCUT2D eigenvalue weighted by atomic mass is 32.2. The Morgan fingerprint density at radius 2 is 2.14 bits per heavy atom. The molecule has 2 aliphatic heterocycles. The molecule has 5 nitrogen and oxygen atoms in total. The number of fused-ring (bicyclic) bond motifs is 1. The first-order valence-corrected chi connectivity index (χ1v) is 5.95. The van der Waals surface area contributed by atoms with E-state index in [1.165, 1.54) is 0 Å². The first-order chi connectivity index (χ1) is 6.52. The summed E-state index contributed by atoms with van der Waals surface area (Å²) in [5.74, 6) is -1.05. The van der Waals surface area contributed by atoms with E-state index in [1.54, 1.807) is 6.08 Å². The van der Waals surface area contributed by atoms with Crippen LogP contribution < -0.4 is 0 Å². The van der Waals surface area contributed by atoms with Gasteiger partial charge in [-0.1, -0.05) is 6.08 Å². The predicted molar refractivity (Wildman–Crippen MR) is 49.0 cm³/mol. The van der Waals surface area contributed by atoms with E-state index in [9.17, 15) is 13.2 Å². The fraction of sp³-hybridized carbons (Fsp3) is 0.625. The molecule has 0 aromatic rings. The predicted octanol–water partition coefficient (Wildman–Crippen LogP) is 0.151. The lowest BCUT2D eigenvalue weighted by atomic mass is 10.1. The molecule has 2 rings (SSSR count). The SMILES string of the molecule is O=C(O)[C@@H]1CC[C@@H]2CC=CS(=O)(=O)N21. The van der Waals surface area contributed by atoms with E-state index in [4.69, 9.17) is 5.11 Å². The molecule has 0 amide bonds. The molecule has 0 aromatic carbocycles. The third kappa shape index (κ3) is 1.34. The van der Waals surface area contributed by atoms with E-state index < -0.39 is 22.0 Å². The molecule has 0 bridgehead atoms. The standard InChI is InChI=1S/C8H11NO4S/c10-8(11)7-4-3-6-2-1-5-14(12,13)9(6)7/h1,5-7H,2-4H2,(H,10,11)/t6-,7-/m0/s1. The number of rotatable bonds is 1. The minimum atomic E-state index is -3.48. The quantitative estimate of drug-likeness (QED) is 0.678. The Labute approximate surface area is 82.1 Å². The normalized spacial score (nSPS) is 35.4. The van der Waals surface area contributed by atoms with Crippen LogP contribution in [-0.4, -0.2) is 35.9 Å². The first-order valence-electron chi connectivity index (χ1n) is 4.45. The Morgan fingerprint density at radius 3 is 2.79 bits per heavy atom. The van der Waals surface area contributed by atoms with Crippen LogP contribution in [0.15, 0.2) is 11.5 Å². The molecule has 0 spiro atoms. The second-order valence-electron chi connectivity index (χ2n) is 3.57. The zero-order chi connectivity index (χ0) is 10.3. The zero-order valence-corrected chi connectivity index (χ0v) is 8.27. The lowest BCUT2D eigenvalue weighted by Crippen LogP contribution is -2.45. The van der Waals surface area contributed by atoms with Crippen molar-refractivity contribution >= 4 is 16.0 Å². The van der Waals surface area contributed by atoms with Crippen molar-refractivity contribution in [3.05, 3.63) is 11.5 Å². The maximum atomic E-state index is 11.6. The summed E-state index contributed by atoms with van der Waals surface area (Å²) in [5, 5.41) is 9.96. The monoisotopic (exact) mass is 217 g/mol. The van der Waals surface area contributed by atoms with Gasteiger partial charge >= 0.3 is 5.97 Å². The van der Waals surface area contributed by atoms with Gasteiger partial charge in [-0.05, 0) is 19.3 Å². The fourth-order valence-corrected chi connectivity index (χ4v) is 3.76. The molecule has 0 saturated carbocycles. The van der Waals surface area contributed by atoms with E-state index in [-0.39, 0.29) is 6.04 Å². The van der Waals surface area contributed by atoms with E-state index >= 15 is 0 Å². The summed E-state index contributed by atoms with van der Waals surface area (Å²) >= 11 is 0. The Balaban J connectivity index is 2.39. The van der Waals surface area contributed by atoms with Gasteiger partial charge in [-0.15, -0.1) is 0 Å². The van der Waals surface area contributed by atoms with E-state index in [0.29, 0.717) is 19.3 Å². The summed E-state index contributed by atoms with van der Waals surface area (Å²) in [6, 6.07) is -1.01. The number of hydrogen-bond donors (Lipinski definition) is 1. The lowest BCUT2D eigenvalue weighted by Gasteiger charge is -2.27. The van der Waals surface area contributed by atoms with E-state index in [1.807, 2.05) is 0 Å². The third-order valence-corrected chi connectivity index (χ3v) is 4.37. The second kappa shape index (κ2) is 3.06. The number of carbonyl (C=O) groups is 1. The van der Waals surface area contributed by atoms with Crippen LogP contribution in [0.4, 0.5) is 0 Å². The van der Waals surface area contributed by atoms with Gasteiger partial charge in [-0.3, -0.25) is 4.79 Å². The zero-order valence-electron chi connectivity index (χ0n) is 7.46. The molecule has 6 heteroatoms. The minimum absolute atomic E-state index is 0.147. The molecule has 0 radical (unpaired) electrons. The number of carboxylic acid groups (broad SMARTS) is 1. The van der Waals surface area contributed by atoms with Crippen LogP contribution in [0, 0.1) is 0 Å². The molecule has 2 aliphatic rings. The molecule has 0 aliphatic carbocycles. The second-order valence-corrected chi connectivity index (χ2v) is 5.29. The highest BCUT2D eigenvalue weighted by molar-refractivity contribution is 7.92. The number of carboxylic acids is 1. The van der Waals surface area contributed by atoms with E-state index in [2.05, 4.69) is 0 Å². The molecule has 1 saturated heterocycles. The average molecular weight is 217 g/mol. The van der Waals surface area contributed by atoms with Crippen LogP contribution in [0.1, 0.15) is 19.3 Å². The van der Waals surface area contributed by atoms with Crippen LogP contribution in [-0.2, 0) is 14.8 Å². The van der Waals surface area contributed by atoms with Crippen molar-refractivity contribution < 1.29 is 18.3 Å². The molecule has 78 valence electrons. The van der Waals surface area contributed by atoms with Gasteiger partial charge in [-0.25, -0.2) is 8.42 Å². The molecule has 0 unspecified atom stereocenters. The van der Waals surface area contributed by atoms with Crippen molar-refractivity contribution in [2.75, 3.05) is 0 Å². The van der Waals surface area contributed by atoms with Crippen molar-refractivity contribution in [3.63, 3.8) is 0 Å². The molecule has 1 fully saturated rings. The molecular formula is C8H11NO4S. The number of nitrogens with zero attached hydrogens (tertiary/aromatic N) is 1. The first kappa shape index (κ1) is 9.67. The largest absolute Gasteiger partial charge is 0.480 e. The summed E-state index contributed by atoms with van der Waals surface area (Å²) in [4.78, 5) is 10.8. The summed E-state index contributed by atoms with van der Waals surface area (Å²) in [6.07, 6.45) is 3.28. The summed E-state index contributed by atoms with van der Waals surface area (Å²) in [5.41, 5.74) is 0. The molecule has 2 atom stereocenters. The van der Waals surface area contributed by atoms with Crippen LogP contribution in [0.2, 0.25) is 0 Å². The van der Waals surface area contributed by atoms with Gasteiger partial charge in [-0.2, -0.15) is 4.31 Å². The topological polar surface area (TPSA) is 74.7 Å². The number of hydrogen-bond acceptors (Lipinski definition) is 3. The van der Waals surface area contributed by atoms with Crippen molar-refractivity contribution in [3.8, 4) is 0 Å². The minimum Gasteiger partial charge on any atom is -0.480 e. The Morgan fingerprint density at radius 1 is 1.43 bits per heavy atom. The Bertz CT molecular complexity index is 386. The Kier molecular flexibility index (Phi) is 2.11. The average Bonchev–Trinajstić information content (AvgIpc) is 2.48. The molecule has 0 aromatic heterocycles. The maximum absolute atomic E-state index is 11.6. The van der Waals surface area contributed by atoms with Crippen LogP contribution >= 0.6 is 0 Å². The number of aliphatic carboxylic acids is 1. The fourth-order valence-electron chi connectivity index (χ4n) is 2.10. The molecular weight excluding hydrogens is 206 g/mol. The van der Waals surface area contributed by atoms with Gasteiger partial charge in [0, 0.05) is 11.4 Å². The van der Waals surface area contributed by atoms with Gasteiger partial charge in [0.05, 0.1) is 0 Å². The van der Waals surface area contributed by atoms with Crippen LogP contribution in [0.25, 0.3) is 0 Å². The third-order valence-electron chi connectivity index (χ3n) is 2.70. The molecule has 14 heavy (non-hydrogen) atoms. The van der Waals surface area contributed by atoms with Crippen molar-refractivity contribution in [2.24, 2.45) is 0 Å². The smallest absolute Gasteiger partial charge is 0.322 e. The highest BCUT2D eigenvalue weighted by Crippen LogP contribution is 2.33. The van der Waals surface area contributed by atoms with Crippen LogP contribution in [0.3, 0.4) is 0 Å². The number of sulfonamides is 1. The van der Waals surface area contributed by atoms with Gasteiger partial charge in [0.2, 0.25) is 10.0 Å². The highest BCUT2D eigenvalue weighted by Gasteiger charge is 2.45. The van der Waals surface area contributed by atoms with E-state index in [0.717, 1.165) is 9.71 Å². The summed E-state index contributed by atoms with van der Waals surface area (Å²) in [7, 11) is -3.48. The van der Waals surface area contributed by atoms with Gasteiger partial charge in [0.25, 0.3) is 0 Å². The van der Waals surface area contributed by atoms with Crippen molar-refractivity contribution in [1.29, 1.82) is 0 Å². The molecule has 1 N–H and O–H groups in total. The molecule has 2 heterocycles. The van der Waals surface area contributed by atoms with Crippen molar-refractivity contribution in [2.45, 2.75) is 31.3 Å². The van der Waals surface area contributed by atoms with Gasteiger partial charge < -0.3 is 5.11 Å². The van der Waals surface area contributed by atoms with Crippen molar-refractivity contribution in [1.82, 2.24) is 4.31 Å².